The number of benzene rings is 3. The Hall–Kier alpha value is -4.12. The van der Waals surface area contributed by atoms with Crippen molar-refractivity contribution in [3.8, 4) is 23.0 Å². The minimum Gasteiger partial charge on any atom is -0.493 e. The molecule has 2 aliphatic heterocycles. The van der Waals surface area contributed by atoms with Crippen LogP contribution in [0.5, 0.6) is 23.0 Å². The third-order valence-corrected chi connectivity index (χ3v) is 8.07. The van der Waals surface area contributed by atoms with E-state index in [0.717, 1.165) is 41.3 Å². The molecule has 0 aliphatic carbocycles. The van der Waals surface area contributed by atoms with E-state index in [1.165, 1.54) is 12.1 Å². The molecule has 1 aromatic heterocycles. The number of hydrogen-bond acceptors (Lipinski definition) is 7. The Morgan fingerprint density at radius 3 is 2.36 bits per heavy atom. The van der Waals surface area contributed by atoms with Crippen LogP contribution < -0.4 is 23.8 Å². The summed E-state index contributed by atoms with van der Waals surface area (Å²) in [6.45, 7) is 5.68. The first-order valence-corrected chi connectivity index (χ1v) is 13.9. The maximum Gasteiger partial charge on any atom is 0.416 e. The zero-order valence-electron chi connectivity index (χ0n) is 23.8. The van der Waals surface area contributed by atoms with Gasteiger partial charge in [0.1, 0.15) is 0 Å². The second-order valence-corrected chi connectivity index (χ2v) is 10.6. The van der Waals surface area contributed by atoms with Gasteiger partial charge in [0.2, 0.25) is 6.79 Å². The van der Waals surface area contributed by atoms with Gasteiger partial charge in [0.05, 0.1) is 37.5 Å². The zero-order valence-corrected chi connectivity index (χ0v) is 23.8. The first-order chi connectivity index (χ1) is 20.2. The van der Waals surface area contributed by atoms with Crippen molar-refractivity contribution in [1.82, 2.24) is 14.7 Å². The van der Waals surface area contributed by atoms with E-state index in [1.54, 1.807) is 20.3 Å². The first-order valence-electron chi connectivity index (χ1n) is 13.9. The van der Waals surface area contributed by atoms with Crippen LogP contribution in [0.4, 0.5) is 18.9 Å². The van der Waals surface area contributed by atoms with Gasteiger partial charge in [0.15, 0.2) is 23.0 Å². The fourth-order valence-electron chi connectivity index (χ4n) is 5.76. The fourth-order valence-corrected chi connectivity index (χ4v) is 5.76. The van der Waals surface area contributed by atoms with Crippen molar-refractivity contribution < 1.29 is 32.1 Å². The Morgan fingerprint density at radius 2 is 1.64 bits per heavy atom. The van der Waals surface area contributed by atoms with Gasteiger partial charge in [-0.15, -0.1) is 0 Å². The molecule has 0 amide bonds. The summed E-state index contributed by atoms with van der Waals surface area (Å²) in [6.07, 6.45) is -3.64. The van der Waals surface area contributed by atoms with E-state index in [2.05, 4.69) is 11.8 Å². The molecule has 42 heavy (non-hydrogen) atoms. The summed E-state index contributed by atoms with van der Waals surface area (Å²) in [6, 6.07) is 15.6. The lowest BCUT2D eigenvalue weighted by Crippen LogP contribution is -2.50. The molecule has 0 bridgehead atoms. The Labute approximate surface area is 242 Å². The van der Waals surface area contributed by atoms with E-state index in [9.17, 15) is 13.2 Å². The third kappa shape index (κ3) is 5.53. The molecule has 2 aliphatic rings. The number of ether oxygens (including phenoxy) is 4. The van der Waals surface area contributed by atoms with E-state index >= 15 is 0 Å². The standard InChI is InChI=1S/C31H33F3N4O4/c1-20(36-9-11-37(12-10-36)23-6-4-5-22(15-23)31(32,33)34)13-25-24-16-29-30(42-19-41-29)17-26(24)38(35-25)18-21-7-8-27(39-2)28(14-21)40-3/h4-8,14-17,20H,9-13,18-19H2,1-3H3. The van der Waals surface area contributed by atoms with Crippen molar-refractivity contribution >= 4 is 16.6 Å². The number of fused-ring (bicyclic) bond motifs is 2. The van der Waals surface area contributed by atoms with Crippen LogP contribution in [0.15, 0.2) is 54.6 Å². The predicted molar refractivity (Wildman–Crippen MR) is 153 cm³/mol. The second-order valence-electron chi connectivity index (χ2n) is 10.6. The molecule has 8 nitrogen and oxygen atoms in total. The van der Waals surface area contributed by atoms with Crippen LogP contribution in [0.2, 0.25) is 0 Å². The fraction of sp³-hybridized carbons (Fsp3) is 0.387. The Balaban J connectivity index is 1.20. The molecule has 1 unspecified atom stereocenters. The largest absolute Gasteiger partial charge is 0.493 e. The molecular formula is C31H33F3N4O4. The highest BCUT2D eigenvalue weighted by atomic mass is 19.4. The van der Waals surface area contributed by atoms with Crippen LogP contribution in [0, 0.1) is 0 Å². The monoisotopic (exact) mass is 582 g/mol. The number of anilines is 1. The SMILES string of the molecule is COc1ccc(Cn2nc(CC(C)N3CCN(c4cccc(C(F)(F)F)c4)CC3)c3cc4c(cc32)OCO4)cc1OC. The van der Waals surface area contributed by atoms with Gasteiger partial charge in [-0.2, -0.15) is 18.3 Å². The quantitative estimate of drug-likeness (QED) is 0.268. The maximum absolute atomic E-state index is 13.2. The van der Waals surface area contributed by atoms with Crippen molar-refractivity contribution in [3.63, 3.8) is 0 Å². The molecule has 3 aromatic carbocycles. The number of aromatic nitrogens is 2. The molecule has 0 saturated carbocycles. The molecule has 1 fully saturated rings. The lowest BCUT2D eigenvalue weighted by Gasteiger charge is -2.39. The van der Waals surface area contributed by atoms with E-state index in [4.69, 9.17) is 24.0 Å². The van der Waals surface area contributed by atoms with Gasteiger partial charge in [-0.25, -0.2) is 0 Å². The van der Waals surface area contributed by atoms with Crippen molar-refractivity contribution in [2.24, 2.45) is 0 Å². The molecule has 6 rings (SSSR count). The van der Waals surface area contributed by atoms with Crippen molar-refractivity contribution in [3.05, 3.63) is 71.4 Å². The normalized spacial score (nSPS) is 16.2. The third-order valence-electron chi connectivity index (χ3n) is 8.07. The number of methoxy groups -OCH3 is 2. The van der Waals surface area contributed by atoms with Gasteiger partial charge in [-0.3, -0.25) is 9.58 Å². The van der Waals surface area contributed by atoms with Crippen molar-refractivity contribution in [1.29, 1.82) is 0 Å². The minimum absolute atomic E-state index is 0.173. The molecule has 0 N–H and O–H groups in total. The van der Waals surface area contributed by atoms with Gasteiger partial charge in [-0.05, 0) is 48.9 Å². The summed E-state index contributed by atoms with van der Waals surface area (Å²) in [5, 5.41) is 6.05. The Bertz CT molecular complexity index is 1580. The molecule has 1 atom stereocenters. The van der Waals surface area contributed by atoms with Crippen LogP contribution in [-0.2, 0) is 19.1 Å². The minimum atomic E-state index is -4.35. The molecule has 1 saturated heterocycles. The Morgan fingerprint density at radius 1 is 0.905 bits per heavy atom. The number of nitrogens with zero attached hydrogens (tertiary/aromatic N) is 4. The highest BCUT2D eigenvalue weighted by Crippen LogP contribution is 2.38. The Kier molecular flexibility index (Phi) is 7.53. The number of piperazine rings is 1. The van der Waals surface area contributed by atoms with E-state index in [0.29, 0.717) is 54.7 Å². The van der Waals surface area contributed by atoms with Gasteiger partial charge in [0, 0.05) is 55.8 Å². The number of halogens is 3. The second kappa shape index (κ2) is 11.3. The summed E-state index contributed by atoms with van der Waals surface area (Å²) in [5.74, 6) is 2.72. The summed E-state index contributed by atoms with van der Waals surface area (Å²) in [7, 11) is 3.23. The number of hydrogen-bond donors (Lipinski definition) is 0. The summed E-state index contributed by atoms with van der Waals surface area (Å²) in [4.78, 5) is 4.39. The average Bonchev–Trinajstić information content (AvgIpc) is 3.59. The van der Waals surface area contributed by atoms with Crippen molar-refractivity contribution in [2.75, 3.05) is 52.1 Å². The predicted octanol–water partition coefficient (Wildman–Crippen LogP) is 5.60. The average molecular weight is 583 g/mol. The number of alkyl halides is 3. The van der Waals surface area contributed by atoms with Crippen molar-refractivity contribution in [2.45, 2.75) is 32.1 Å². The molecular weight excluding hydrogens is 549 g/mol. The lowest BCUT2D eigenvalue weighted by molar-refractivity contribution is -0.137. The molecule has 3 heterocycles. The van der Waals surface area contributed by atoms with Gasteiger partial charge in [0.25, 0.3) is 0 Å². The highest BCUT2D eigenvalue weighted by molar-refractivity contribution is 5.86. The molecule has 4 aromatic rings. The van der Waals surface area contributed by atoms with Gasteiger partial charge < -0.3 is 23.8 Å². The highest BCUT2D eigenvalue weighted by Gasteiger charge is 2.31. The smallest absolute Gasteiger partial charge is 0.416 e. The summed E-state index contributed by atoms with van der Waals surface area (Å²) >= 11 is 0. The zero-order chi connectivity index (χ0) is 29.4. The van der Waals surface area contributed by atoms with E-state index < -0.39 is 11.7 Å². The van der Waals surface area contributed by atoms with Gasteiger partial charge in [-0.1, -0.05) is 12.1 Å². The van der Waals surface area contributed by atoms with Gasteiger partial charge >= 0.3 is 6.18 Å². The van der Waals surface area contributed by atoms with Crippen LogP contribution >= 0.6 is 0 Å². The van der Waals surface area contributed by atoms with Crippen LogP contribution in [0.3, 0.4) is 0 Å². The summed E-state index contributed by atoms with van der Waals surface area (Å²) in [5.41, 5.74) is 2.91. The van der Waals surface area contributed by atoms with Crippen LogP contribution in [-0.4, -0.2) is 67.9 Å². The summed E-state index contributed by atoms with van der Waals surface area (Å²) < 4.78 is 63.9. The maximum atomic E-state index is 13.2. The molecule has 222 valence electrons. The molecule has 0 spiro atoms. The first kappa shape index (κ1) is 28.0. The number of rotatable bonds is 8. The molecule has 11 heteroatoms. The van der Waals surface area contributed by atoms with Crippen LogP contribution in [0.25, 0.3) is 10.9 Å². The lowest BCUT2D eigenvalue weighted by atomic mass is 10.1. The topological polar surface area (TPSA) is 61.2 Å². The van der Waals surface area contributed by atoms with Crippen LogP contribution in [0.1, 0.15) is 23.7 Å². The van der Waals surface area contributed by atoms with E-state index in [-0.39, 0.29) is 12.8 Å². The van der Waals surface area contributed by atoms with E-state index in [1.807, 2.05) is 39.9 Å². The molecule has 0 radical (unpaired) electrons.